The van der Waals surface area contributed by atoms with Crippen LogP contribution in [0, 0.1) is 11.8 Å². The molecular weight excluding hydrogens is 380 g/mol. The van der Waals surface area contributed by atoms with Crippen LogP contribution in [0.1, 0.15) is 86.0 Å². The van der Waals surface area contributed by atoms with Gasteiger partial charge in [-0.25, -0.2) is 0 Å². The molecule has 2 aliphatic heterocycles. The molecule has 0 fully saturated rings. The van der Waals surface area contributed by atoms with Crippen LogP contribution in [0.2, 0.25) is 0 Å². The molecule has 3 rings (SSSR count). The lowest BCUT2D eigenvalue weighted by Gasteiger charge is -2.32. The van der Waals surface area contributed by atoms with E-state index in [1.54, 1.807) is 0 Å². The molecule has 0 amide bonds. The van der Waals surface area contributed by atoms with E-state index in [0.717, 1.165) is 25.0 Å². The molecule has 0 radical (unpaired) electrons. The molecule has 2 aliphatic rings. The van der Waals surface area contributed by atoms with Crippen molar-refractivity contribution in [1.82, 2.24) is 0 Å². The molecule has 3 unspecified atom stereocenters. The average Bonchev–Trinajstić information content (AvgIpc) is 3.13. The first-order valence-electron chi connectivity index (χ1n) is 13.0. The smallest absolute Gasteiger partial charge is 0.111 e. The summed E-state index contributed by atoms with van der Waals surface area (Å²) in [5.41, 5.74) is 5.25. The second-order valence-electron chi connectivity index (χ2n) is 9.85. The van der Waals surface area contributed by atoms with Crippen LogP contribution < -0.4 is 14.7 Å². The zero-order chi connectivity index (χ0) is 22.4. The molecule has 1 aromatic rings. The molecule has 174 valence electrons. The minimum Gasteiger partial charge on any atom is -0.365 e. The summed E-state index contributed by atoms with van der Waals surface area (Å²) in [4.78, 5) is 12.7. The fourth-order valence-corrected chi connectivity index (χ4v) is 5.16. The van der Waals surface area contributed by atoms with Crippen molar-refractivity contribution in [3.63, 3.8) is 0 Å². The molecular formula is C27H46N4. The van der Waals surface area contributed by atoms with Crippen molar-refractivity contribution < 1.29 is 0 Å². The first kappa shape index (κ1) is 23.9. The Hall–Kier alpha value is -1.71. The summed E-state index contributed by atoms with van der Waals surface area (Å²) in [7, 11) is 2.20. The van der Waals surface area contributed by atoms with Crippen LogP contribution in [0.25, 0.3) is 0 Å². The number of nitrogens with zero attached hydrogens (tertiary/aromatic N) is 4. The van der Waals surface area contributed by atoms with Gasteiger partial charge in [-0.2, -0.15) is 0 Å². The lowest BCUT2D eigenvalue weighted by Crippen LogP contribution is -2.36. The van der Waals surface area contributed by atoms with Gasteiger partial charge < -0.3 is 14.7 Å². The highest BCUT2D eigenvalue weighted by Gasteiger charge is 2.33. The zero-order valence-electron chi connectivity index (χ0n) is 21.0. The molecule has 4 heteroatoms. The van der Waals surface area contributed by atoms with Gasteiger partial charge in [-0.1, -0.05) is 66.2 Å². The molecule has 4 nitrogen and oxygen atoms in total. The van der Waals surface area contributed by atoms with Gasteiger partial charge in [-0.3, -0.25) is 4.99 Å². The van der Waals surface area contributed by atoms with Crippen molar-refractivity contribution in [2.75, 3.05) is 41.5 Å². The van der Waals surface area contributed by atoms with Gasteiger partial charge in [0.25, 0.3) is 0 Å². The van der Waals surface area contributed by atoms with E-state index in [9.17, 15) is 0 Å². The SMILES string of the molecule is CCCCC(CC)CN1CN(CC(CC)CCCC)c2c1ccc1c2N=CC(C)N1C. The summed E-state index contributed by atoms with van der Waals surface area (Å²) in [6.07, 6.45) is 12.6. The standard InChI is InChI=1S/C27H46N4/c1-7-11-13-22(9-3)18-30-20-31(19-23(10-4)14-12-8-2)27-25(30)16-15-24-26(27)28-17-21(5)29(24)6/h15-17,21-23H,7-14,18-20H2,1-6H3. The Labute approximate surface area is 191 Å². The Morgan fingerprint density at radius 2 is 1.48 bits per heavy atom. The average molecular weight is 427 g/mol. The molecule has 1 aromatic carbocycles. The number of anilines is 3. The van der Waals surface area contributed by atoms with Crippen molar-refractivity contribution in [2.45, 2.75) is 92.0 Å². The van der Waals surface area contributed by atoms with Gasteiger partial charge in [-0.15, -0.1) is 0 Å². The lowest BCUT2D eigenvalue weighted by molar-refractivity contribution is 0.432. The van der Waals surface area contributed by atoms with Gasteiger partial charge in [0.05, 0.1) is 29.8 Å². The largest absolute Gasteiger partial charge is 0.365 e. The maximum atomic E-state index is 4.99. The summed E-state index contributed by atoms with van der Waals surface area (Å²) in [5, 5.41) is 0. The summed E-state index contributed by atoms with van der Waals surface area (Å²) < 4.78 is 0. The summed E-state index contributed by atoms with van der Waals surface area (Å²) in [6, 6.07) is 5.03. The number of hydrogen-bond acceptors (Lipinski definition) is 4. The van der Waals surface area contributed by atoms with Gasteiger partial charge in [-0.05, 0) is 43.7 Å². The highest BCUT2D eigenvalue weighted by Crippen LogP contribution is 2.50. The molecule has 0 N–H and O–H groups in total. The first-order valence-corrected chi connectivity index (χ1v) is 13.0. The van der Waals surface area contributed by atoms with Gasteiger partial charge in [0.2, 0.25) is 0 Å². The number of unbranched alkanes of at least 4 members (excludes halogenated alkanes) is 2. The predicted molar refractivity (Wildman–Crippen MR) is 139 cm³/mol. The molecule has 0 saturated carbocycles. The third kappa shape index (κ3) is 5.38. The Morgan fingerprint density at radius 3 is 2.06 bits per heavy atom. The normalized spacial score (nSPS) is 19.5. The Bertz CT molecular complexity index is 728. The van der Waals surface area contributed by atoms with E-state index in [1.165, 1.54) is 80.7 Å². The van der Waals surface area contributed by atoms with E-state index in [-0.39, 0.29) is 0 Å². The minimum atomic E-state index is 0.350. The van der Waals surface area contributed by atoms with Crippen LogP contribution in [0.3, 0.4) is 0 Å². The van der Waals surface area contributed by atoms with Crippen molar-refractivity contribution >= 4 is 29.0 Å². The summed E-state index contributed by atoms with van der Waals surface area (Å²) in [6.45, 7) is 14.9. The quantitative estimate of drug-likeness (QED) is 0.351. The molecule has 0 saturated heterocycles. The van der Waals surface area contributed by atoms with Gasteiger partial charge >= 0.3 is 0 Å². The highest BCUT2D eigenvalue weighted by atomic mass is 15.4. The second-order valence-corrected chi connectivity index (χ2v) is 9.85. The summed E-state index contributed by atoms with van der Waals surface area (Å²) in [5.74, 6) is 1.53. The molecule has 0 aliphatic carbocycles. The molecule has 31 heavy (non-hydrogen) atoms. The third-order valence-electron chi connectivity index (χ3n) is 7.56. The van der Waals surface area contributed by atoms with Crippen LogP contribution in [0.4, 0.5) is 22.7 Å². The lowest BCUT2D eigenvalue weighted by atomic mass is 9.98. The Morgan fingerprint density at radius 1 is 0.903 bits per heavy atom. The number of fused-ring (bicyclic) bond motifs is 3. The maximum Gasteiger partial charge on any atom is 0.111 e. The van der Waals surface area contributed by atoms with Crippen LogP contribution in [-0.4, -0.2) is 39.1 Å². The number of hydrogen-bond donors (Lipinski definition) is 0. The van der Waals surface area contributed by atoms with Crippen LogP contribution in [0.15, 0.2) is 17.1 Å². The summed E-state index contributed by atoms with van der Waals surface area (Å²) >= 11 is 0. The fraction of sp³-hybridized carbons (Fsp3) is 0.741. The highest BCUT2D eigenvalue weighted by molar-refractivity contribution is 5.98. The molecule has 0 spiro atoms. The molecule has 0 aromatic heterocycles. The molecule has 0 bridgehead atoms. The Balaban J connectivity index is 1.91. The van der Waals surface area contributed by atoms with Crippen LogP contribution in [-0.2, 0) is 0 Å². The molecule has 2 heterocycles. The Kier molecular flexibility index (Phi) is 8.68. The topological polar surface area (TPSA) is 22.1 Å². The van der Waals surface area contributed by atoms with E-state index in [1.807, 2.05) is 0 Å². The minimum absolute atomic E-state index is 0.350. The van der Waals surface area contributed by atoms with Gasteiger partial charge in [0.15, 0.2) is 0 Å². The van der Waals surface area contributed by atoms with E-state index < -0.39 is 0 Å². The zero-order valence-corrected chi connectivity index (χ0v) is 21.0. The molecule has 3 atom stereocenters. The van der Waals surface area contributed by atoms with Crippen molar-refractivity contribution in [2.24, 2.45) is 16.8 Å². The van der Waals surface area contributed by atoms with Crippen LogP contribution >= 0.6 is 0 Å². The predicted octanol–water partition coefficient (Wildman–Crippen LogP) is 7.24. The van der Waals surface area contributed by atoms with E-state index >= 15 is 0 Å². The van der Waals surface area contributed by atoms with E-state index in [0.29, 0.717) is 6.04 Å². The van der Waals surface area contributed by atoms with Crippen molar-refractivity contribution in [1.29, 1.82) is 0 Å². The number of rotatable bonds is 12. The second kappa shape index (κ2) is 11.2. The number of benzene rings is 1. The maximum absolute atomic E-state index is 4.99. The van der Waals surface area contributed by atoms with Crippen molar-refractivity contribution in [3.8, 4) is 0 Å². The third-order valence-corrected chi connectivity index (χ3v) is 7.56. The monoisotopic (exact) mass is 426 g/mol. The van der Waals surface area contributed by atoms with Crippen LogP contribution in [0.5, 0.6) is 0 Å². The van der Waals surface area contributed by atoms with Gasteiger partial charge in [0, 0.05) is 26.4 Å². The fourth-order valence-electron chi connectivity index (χ4n) is 5.16. The van der Waals surface area contributed by atoms with Gasteiger partial charge in [0.1, 0.15) is 5.69 Å². The van der Waals surface area contributed by atoms with E-state index in [2.05, 4.69) is 74.7 Å². The number of aliphatic imine (C=N–C) groups is 1. The van der Waals surface area contributed by atoms with Crippen molar-refractivity contribution in [3.05, 3.63) is 12.1 Å². The first-order chi connectivity index (χ1) is 15.0. The van der Waals surface area contributed by atoms with E-state index in [4.69, 9.17) is 4.99 Å².